The zero-order chi connectivity index (χ0) is 12.5. The number of carboxylic acid groups (broad SMARTS) is 1. The first-order valence-corrected chi connectivity index (χ1v) is 4.97. The molecule has 0 radical (unpaired) electrons. The third kappa shape index (κ3) is 2.33. The third-order valence-corrected chi connectivity index (χ3v) is 2.72. The molecule has 1 aliphatic heterocycles. The Morgan fingerprint density at radius 3 is 2.50 bits per heavy atom. The van der Waals surface area contributed by atoms with Crippen molar-refractivity contribution in [3.05, 3.63) is 0 Å². The van der Waals surface area contributed by atoms with Gasteiger partial charge < -0.3 is 25.2 Å². The molecule has 5 atom stereocenters. The summed E-state index contributed by atoms with van der Waals surface area (Å²) in [7, 11) is 0. The molecule has 0 aromatic rings. The van der Waals surface area contributed by atoms with Gasteiger partial charge in [0.25, 0.3) is 0 Å². The first-order chi connectivity index (χ1) is 7.31. The fraction of sp³-hybridized carbons (Fsp3) is 0.889. The van der Waals surface area contributed by atoms with Gasteiger partial charge in [-0.25, -0.2) is 0 Å². The van der Waals surface area contributed by atoms with Crippen molar-refractivity contribution >= 4 is 5.97 Å². The molecule has 16 heavy (non-hydrogen) atoms. The van der Waals surface area contributed by atoms with Gasteiger partial charge in [0, 0.05) is 0 Å². The molecular formula is C9H17NO6. The van der Waals surface area contributed by atoms with E-state index in [2.05, 4.69) is 5.32 Å². The van der Waals surface area contributed by atoms with Gasteiger partial charge in [0.15, 0.2) is 0 Å². The highest BCUT2D eigenvalue weighted by atomic mass is 16.6. The van der Waals surface area contributed by atoms with E-state index < -0.39 is 42.7 Å². The highest BCUT2D eigenvalue weighted by Crippen LogP contribution is 2.29. The van der Waals surface area contributed by atoms with E-state index in [0.717, 1.165) is 0 Å². The van der Waals surface area contributed by atoms with E-state index in [1.165, 1.54) is 13.8 Å². The lowest BCUT2D eigenvalue weighted by Crippen LogP contribution is -2.57. The van der Waals surface area contributed by atoms with Crippen LogP contribution in [0.15, 0.2) is 0 Å². The summed E-state index contributed by atoms with van der Waals surface area (Å²) in [6, 6.07) is -0.940. The van der Waals surface area contributed by atoms with E-state index in [4.69, 9.17) is 14.9 Å². The van der Waals surface area contributed by atoms with E-state index >= 15 is 0 Å². The molecule has 5 N–H and O–H groups in total. The average molecular weight is 235 g/mol. The van der Waals surface area contributed by atoms with Crippen LogP contribution in [0.3, 0.4) is 0 Å². The zero-order valence-electron chi connectivity index (χ0n) is 9.12. The molecule has 0 spiro atoms. The molecule has 7 nitrogen and oxygen atoms in total. The van der Waals surface area contributed by atoms with Crippen LogP contribution in [0, 0.1) is 0 Å². The predicted molar refractivity (Wildman–Crippen MR) is 52.6 cm³/mol. The largest absolute Gasteiger partial charge is 0.480 e. The Morgan fingerprint density at radius 1 is 1.56 bits per heavy atom. The van der Waals surface area contributed by atoms with Gasteiger partial charge in [0.2, 0.25) is 0 Å². The third-order valence-electron chi connectivity index (χ3n) is 2.72. The van der Waals surface area contributed by atoms with E-state index in [1.54, 1.807) is 0 Å². The number of aliphatic carboxylic acids is 1. The Morgan fingerprint density at radius 2 is 2.12 bits per heavy atom. The molecular weight excluding hydrogens is 218 g/mol. The van der Waals surface area contributed by atoms with E-state index in [9.17, 15) is 15.0 Å². The van der Waals surface area contributed by atoms with Gasteiger partial charge in [-0.2, -0.15) is 0 Å². The van der Waals surface area contributed by atoms with Crippen molar-refractivity contribution < 1.29 is 30.0 Å². The van der Waals surface area contributed by atoms with E-state index in [-0.39, 0.29) is 0 Å². The first-order valence-electron chi connectivity index (χ1n) is 4.97. The number of aliphatic hydroxyl groups excluding tert-OH is 3. The molecule has 0 aliphatic carbocycles. The molecule has 0 bridgehead atoms. The van der Waals surface area contributed by atoms with Crippen molar-refractivity contribution in [1.29, 1.82) is 0 Å². The van der Waals surface area contributed by atoms with Crippen LogP contribution in [-0.2, 0) is 9.53 Å². The maximum absolute atomic E-state index is 10.7. The highest BCUT2D eigenvalue weighted by Gasteiger charge is 2.51. The Hall–Kier alpha value is -0.730. The molecule has 1 rings (SSSR count). The summed E-state index contributed by atoms with van der Waals surface area (Å²) in [5.41, 5.74) is -1.38. The van der Waals surface area contributed by atoms with E-state index in [0.29, 0.717) is 0 Å². The van der Waals surface area contributed by atoms with Crippen molar-refractivity contribution in [2.24, 2.45) is 0 Å². The Balaban J connectivity index is 2.74. The molecule has 1 saturated heterocycles. The molecule has 0 aromatic heterocycles. The molecule has 1 aliphatic rings. The van der Waals surface area contributed by atoms with Gasteiger partial charge in [-0.1, -0.05) is 0 Å². The number of ether oxygens (including phenoxy) is 1. The molecule has 1 unspecified atom stereocenters. The number of rotatable bonds is 4. The molecule has 1 heterocycles. The van der Waals surface area contributed by atoms with Crippen LogP contribution in [0.4, 0.5) is 0 Å². The second-order valence-corrected chi connectivity index (χ2v) is 4.09. The average Bonchev–Trinajstić information content (AvgIpc) is 2.42. The summed E-state index contributed by atoms with van der Waals surface area (Å²) in [5.74, 6) is -1.10. The quantitative estimate of drug-likeness (QED) is 0.378. The van der Waals surface area contributed by atoms with Crippen molar-refractivity contribution in [3.63, 3.8) is 0 Å². The Bertz CT molecular complexity index is 273. The Kier molecular flexibility index (Phi) is 3.87. The summed E-state index contributed by atoms with van der Waals surface area (Å²) in [6.45, 7) is 2.37. The van der Waals surface area contributed by atoms with E-state index in [1.807, 2.05) is 0 Å². The predicted octanol–water partition coefficient (Wildman–Crippen LogP) is -2.12. The topological polar surface area (TPSA) is 119 Å². The number of hydrogen-bond donors (Lipinski definition) is 5. The monoisotopic (exact) mass is 235 g/mol. The second kappa shape index (κ2) is 4.64. The first kappa shape index (κ1) is 13.3. The molecule has 0 aromatic carbocycles. The number of nitrogens with one attached hydrogen (secondary N) is 1. The summed E-state index contributed by atoms with van der Waals surface area (Å²) < 4.78 is 5.22. The minimum Gasteiger partial charge on any atom is -0.480 e. The molecule has 0 saturated carbocycles. The minimum absolute atomic E-state index is 0.447. The molecule has 7 heteroatoms. The lowest BCUT2D eigenvalue weighted by Gasteiger charge is -2.30. The van der Waals surface area contributed by atoms with Crippen LogP contribution in [0.25, 0.3) is 0 Å². The zero-order valence-corrected chi connectivity index (χ0v) is 9.12. The summed E-state index contributed by atoms with van der Waals surface area (Å²) >= 11 is 0. The van der Waals surface area contributed by atoms with Crippen LogP contribution in [-0.4, -0.2) is 63.1 Å². The van der Waals surface area contributed by atoms with Crippen LogP contribution >= 0.6 is 0 Å². The van der Waals surface area contributed by atoms with Gasteiger partial charge in [-0.05, 0) is 13.8 Å². The van der Waals surface area contributed by atoms with Crippen molar-refractivity contribution in [2.45, 2.75) is 43.9 Å². The second-order valence-electron chi connectivity index (χ2n) is 4.09. The number of carbonyl (C=O) groups is 1. The lowest BCUT2D eigenvalue weighted by atomic mass is 10.0. The van der Waals surface area contributed by atoms with Crippen LogP contribution < -0.4 is 5.32 Å². The highest BCUT2D eigenvalue weighted by molar-refractivity contribution is 5.72. The standard InChI is InChI=1S/C9H17NO6/c1-4(8(14)15)10-9(2)7(13)6(12)5(3-11)16-9/h4-7,10-13H,3H2,1-2H3,(H,14,15)/t4-,5+,6+,7-,9?/m0/s1. The summed E-state index contributed by atoms with van der Waals surface area (Å²) in [4.78, 5) is 10.7. The maximum atomic E-state index is 10.7. The number of carboxylic acids is 1. The van der Waals surface area contributed by atoms with Gasteiger partial charge in [0.1, 0.15) is 30.1 Å². The molecule has 0 amide bonds. The number of hydrogen-bond acceptors (Lipinski definition) is 6. The van der Waals surface area contributed by atoms with Crippen LogP contribution in [0.2, 0.25) is 0 Å². The smallest absolute Gasteiger partial charge is 0.320 e. The fourth-order valence-corrected chi connectivity index (χ4v) is 1.74. The van der Waals surface area contributed by atoms with Crippen molar-refractivity contribution in [3.8, 4) is 0 Å². The van der Waals surface area contributed by atoms with Gasteiger partial charge in [-0.15, -0.1) is 0 Å². The molecule has 1 fully saturated rings. The minimum atomic E-state index is -1.38. The van der Waals surface area contributed by atoms with Gasteiger partial charge in [0.05, 0.1) is 6.61 Å². The van der Waals surface area contributed by atoms with Crippen LogP contribution in [0.5, 0.6) is 0 Å². The van der Waals surface area contributed by atoms with Crippen molar-refractivity contribution in [2.75, 3.05) is 6.61 Å². The maximum Gasteiger partial charge on any atom is 0.320 e. The Labute approximate surface area is 92.7 Å². The normalized spacial score (nSPS) is 40.9. The lowest BCUT2D eigenvalue weighted by molar-refractivity contribution is -0.146. The van der Waals surface area contributed by atoms with Crippen molar-refractivity contribution in [1.82, 2.24) is 5.32 Å². The number of aliphatic hydroxyl groups is 3. The summed E-state index contributed by atoms with van der Waals surface area (Å²) in [5, 5.41) is 39.4. The molecule has 94 valence electrons. The fourth-order valence-electron chi connectivity index (χ4n) is 1.74. The van der Waals surface area contributed by atoms with Gasteiger partial charge in [-0.3, -0.25) is 10.1 Å². The van der Waals surface area contributed by atoms with Crippen LogP contribution in [0.1, 0.15) is 13.8 Å². The summed E-state index contributed by atoms with van der Waals surface area (Å²) in [6.07, 6.45) is -3.47. The van der Waals surface area contributed by atoms with Gasteiger partial charge >= 0.3 is 5.97 Å². The SMILES string of the molecule is C[C@H](NC1(C)O[C@H](CO)[C@@H](O)[C@@H]1O)C(=O)O.